The molecular weight excluding hydrogens is 290 g/mol. The minimum absolute atomic E-state index is 0.331. The number of hydrogen-bond acceptors (Lipinski definition) is 3. The molecule has 23 heavy (non-hydrogen) atoms. The van der Waals surface area contributed by atoms with Crippen LogP contribution in [-0.2, 0) is 11.2 Å². The maximum Gasteiger partial charge on any atom is 0.191 e. The largest absolute Gasteiger partial charge is 0.469 e. The van der Waals surface area contributed by atoms with Gasteiger partial charge in [0, 0.05) is 31.7 Å². The predicted octanol–water partition coefficient (Wildman–Crippen LogP) is 2.87. The van der Waals surface area contributed by atoms with E-state index in [1.165, 1.54) is 25.7 Å². The van der Waals surface area contributed by atoms with Crippen molar-refractivity contribution in [3.8, 4) is 0 Å². The lowest BCUT2D eigenvalue weighted by Crippen LogP contribution is -2.49. The number of rotatable bonds is 5. The topological polar surface area (TPSA) is 58.8 Å². The summed E-state index contributed by atoms with van der Waals surface area (Å²) in [6.45, 7) is 3.72. The van der Waals surface area contributed by atoms with Gasteiger partial charge in [-0.25, -0.2) is 0 Å². The highest BCUT2D eigenvalue weighted by molar-refractivity contribution is 5.80. The molecule has 2 atom stereocenters. The van der Waals surface area contributed by atoms with Crippen molar-refractivity contribution in [2.75, 3.05) is 13.2 Å². The van der Waals surface area contributed by atoms with Gasteiger partial charge in [-0.15, -0.1) is 0 Å². The first-order chi connectivity index (χ1) is 11.3. The van der Waals surface area contributed by atoms with Crippen LogP contribution in [0.1, 0.15) is 51.2 Å². The van der Waals surface area contributed by atoms with Crippen LogP contribution in [0.5, 0.6) is 0 Å². The third-order valence-electron chi connectivity index (χ3n) is 4.73. The summed E-state index contributed by atoms with van der Waals surface area (Å²) in [6, 6.07) is 4.96. The van der Waals surface area contributed by atoms with Crippen molar-refractivity contribution in [3.05, 3.63) is 24.2 Å². The number of furan rings is 1. The Morgan fingerprint density at radius 1 is 1.22 bits per heavy atom. The van der Waals surface area contributed by atoms with Crippen LogP contribution in [0.3, 0.4) is 0 Å². The van der Waals surface area contributed by atoms with Crippen LogP contribution < -0.4 is 10.6 Å². The molecule has 2 N–H and O–H groups in total. The van der Waals surface area contributed by atoms with E-state index in [9.17, 15) is 0 Å². The number of hydrogen-bond donors (Lipinski definition) is 2. The molecule has 1 saturated carbocycles. The van der Waals surface area contributed by atoms with E-state index in [-0.39, 0.29) is 0 Å². The fraction of sp³-hybridized carbons (Fsp3) is 0.722. The van der Waals surface area contributed by atoms with Crippen molar-refractivity contribution in [1.82, 2.24) is 10.6 Å². The molecule has 1 aliphatic carbocycles. The Balaban J connectivity index is 1.55. The Hall–Kier alpha value is -1.49. The number of aliphatic imine (C=N–C) groups is 1. The minimum atomic E-state index is 0.331. The average molecular weight is 319 g/mol. The lowest BCUT2D eigenvalue weighted by Gasteiger charge is -2.30. The molecule has 5 nitrogen and oxygen atoms in total. The standard InChI is InChI=1S/C18H29N3O2/c1-14-13-16(9-12-22-14)21-18(20-15-5-2-3-6-15)19-10-8-17-7-4-11-23-17/h4,7,11,14-16H,2-3,5-6,8-10,12-13H2,1H3,(H2,19,20,21). The van der Waals surface area contributed by atoms with Gasteiger partial charge in [0.2, 0.25) is 0 Å². The van der Waals surface area contributed by atoms with E-state index in [1.807, 2.05) is 12.1 Å². The third-order valence-corrected chi connectivity index (χ3v) is 4.73. The number of ether oxygens (including phenoxy) is 1. The van der Waals surface area contributed by atoms with Crippen molar-refractivity contribution < 1.29 is 9.15 Å². The van der Waals surface area contributed by atoms with E-state index in [0.29, 0.717) is 18.2 Å². The summed E-state index contributed by atoms with van der Waals surface area (Å²) >= 11 is 0. The van der Waals surface area contributed by atoms with Gasteiger partial charge in [0.05, 0.1) is 12.4 Å². The van der Waals surface area contributed by atoms with Crippen molar-refractivity contribution in [2.45, 2.75) is 70.1 Å². The maximum atomic E-state index is 5.64. The summed E-state index contributed by atoms with van der Waals surface area (Å²) in [7, 11) is 0. The molecule has 0 bridgehead atoms. The molecule has 128 valence electrons. The molecule has 2 heterocycles. The summed E-state index contributed by atoms with van der Waals surface area (Å²) in [5.74, 6) is 1.95. The Morgan fingerprint density at radius 2 is 2.04 bits per heavy atom. The average Bonchev–Trinajstić information content (AvgIpc) is 3.21. The molecule has 1 aromatic rings. The molecule has 1 saturated heterocycles. The summed E-state index contributed by atoms with van der Waals surface area (Å²) in [4.78, 5) is 4.77. The fourth-order valence-corrected chi connectivity index (χ4v) is 3.45. The molecule has 0 radical (unpaired) electrons. The fourth-order valence-electron chi connectivity index (χ4n) is 3.45. The highest BCUT2D eigenvalue weighted by Crippen LogP contribution is 2.18. The van der Waals surface area contributed by atoms with E-state index in [2.05, 4.69) is 17.6 Å². The van der Waals surface area contributed by atoms with Gasteiger partial charge in [0.15, 0.2) is 5.96 Å². The Bertz CT molecular complexity index is 480. The molecule has 1 aromatic heterocycles. The summed E-state index contributed by atoms with van der Waals surface area (Å²) in [5.41, 5.74) is 0. The molecule has 1 aliphatic heterocycles. The van der Waals surface area contributed by atoms with Gasteiger partial charge in [0.25, 0.3) is 0 Å². The van der Waals surface area contributed by atoms with Crippen LogP contribution in [0.4, 0.5) is 0 Å². The van der Waals surface area contributed by atoms with Crippen molar-refractivity contribution in [1.29, 1.82) is 0 Å². The Kier molecular flexibility index (Phi) is 5.97. The van der Waals surface area contributed by atoms with E-state index in [4.69, 9.17) is 14.1 Å². The molecule has 0 aromatic carbocycles. The smallest absolute Gasteiger partial charge is 0.191 e. The van der Waals surface area contributed by atoms with Gasteiger partial charge < -0.3 is 19.8 Å². The zero-order chi connectivity index (χ0) is 15.9. The second kappa shape index (κ2) is 8.39. The SMILES string of the molecule is CC1CC(NC(=NCCc2ccco2)NC2CCCC2)CCO1. The molecule has 5 heteroatoms. The van der Waals surface area contributed by atoms with Crippen molar-refractivity contribution >= 4 is 5.96 Å². The first-order valence-electron chi connectivity index (χ1n) is 9.01. The van der Waals surface area contributed by atoms with Gasteiger partial charge in [-0.05, 0) is 44.7 Å². The molecule has 2 unspecified atom stereocenters. The second-order valence-electron chi connectivity index (χ2n) is 6.73. The van der Waals surface area contributed by atoms with Crippen LogP contribution in [0.15, 0.2) is 27.8 Å². The van der Waals surface area contributed by atoms with E-state index < -0.39 is 0 Å². The molecule has 3 rings (SSSR count). The lowest BCUT2D eigenvalue weighted by atomic mass is 10.0. The maximum absolute atomic E-state index is 5.64. The minimum Gasteiger partial charge on any atom is -0.469 e. The van der Waals surface area contributed by atoms with Crippen molar-refractivity contribution in [2.24, 2.45) is 4.99 Å². The predicted molar refractivity (Wildman–Crippen MR) is 91.7 cm³/mol. The zero-order valence-electron chi connectivity index (χ0n) is 14.1. The first-order valence-corrected chi connectivity index (χ1v) is 9.01. The number of nitrogens with one attached hydrogen (secondary N) is 2. The van der Waals surface area contributed by atoms with Crippen LogP contribution in [0, 0.1) is 0 Å². The first kappa shape index (κ1) is 16.4. The molecule has 2 fully saturated rings. The lowest BCUT2D eigenvalue weighted by molar-refractivity contribution is 0.0165. The number of guanidine groups is 1. The summed E-state index contributed by atoms with van der Waals surface area (Å²) < 4.78 is 11.0. The molecule has 2 aliphatic rings. The van der Waals surface area contributed by atoms with Crippen LogP contribution in [0.2, 0.25) is 0 Å². The Morgan fingerprint density at radius 3 is 2.78 bits per heavy atom. The second-order valence-corrected chi connectivity index (χ2v) is 6.73. The van der Waals surface area contributed by atoms with E-state index >= 15 is 0 Å². The summed E-state index contributed by atoms with van der Waals surface area (Å²) in [6.07, 6.45) is 10.1. The highest BCUT2D eigenvalue weighted by Gasteiger charge is 2.22. The highest BCUT2D eigenvalue weighted by atomic mass is 16.5. The molecule has 0 spiro atoms. The Labute approximate surface area is 138 Å². The molecule has 0 amide bonds. The van der Waals surface area contributed by atoms with Crippen LogP contribution in [-0.4, -0.2) is 37.3 Å². The van der Waals surface area contributed by atoms with Crippen LogP contribution >= 0.6 is 0 Å². The van der Waals surface area contributed by atoms with Gasteiger partial charge in [-0.1, -0.05) is 12.8 Å². The normalized spacial score (nSPS) is 26.4. The number of nitrogens with zero attached hydrogens (tertiary/aromatic N) is 1. The van der Waals surface area contributed by atoms with Gasteiger partial charge in [-0.2, -0.15) is 0 Å². The summed E-state index contributed by atoms with van der Waals surface area (Å²) in [5, 5.41) is 7.25. The van der Waals surface area contributed by atoms with E-state index in [0.717, 1.165) is 44.1 Å². The monoisotopic (exact) mass is 319 g/mol. The van der Waals surface area contributed by atoms with E-state index in [1.54, 1.807) is 6.26 Å². The third kappa shape index (κ3) is 5.27. The van der Waals surface area contributed by atoms with Crippen LogP contribution in [0.25, 0.3) is 0 Å². The van der Waals surface area contributed by atoms with Gasteiger partial charge in [-0.3, -0.25) is 4.99 Å². The molecular formula is C18H29N3O2. The quantitative estimate of drug-likeness (QED) is 0.647. The van der Waals surface area contributed by atoms with Gasteiger partial charge in [0.1, 0.15) is 5.76 Å². The van der Waals surface area contributed by atoms with Crippen molar-refractivity contribution in [3.63, 3.8) is 0 Å². The van der Waals surface area contributed by atoms with Gasteiger partial charge >= 0.3 is 0 Å². The zero-order valence-corrected chi connectivity index (χ0v) is 14.1.